The highest BCUT2D eigenvalue weighted by Gasteiger charge is 2.49. The normalized spacial score (nSPS) is 27.7. The molecule has 1 aromatic rings. The Labute approximate surface area is 106 Å². The molecular weight excluding hydrogens is 230 g/mol. The predicted octanol–water partition coefficient (Wildman–Crippen LogP) is 3.58. The lowest BCUT2D eigenvalue weighted by atomic mass is 9.61. The molecule has 0 aromatic carbocycles. The van der Waals surface area contributed by atoms with Crippen molar-refractivity contribution in [1.82, 2.24) is 0 Å². The molecule has 1 saturated carbocycles. The third-order valence-electron chi connectivity index (χ3n) is 3.72. The number of Topliss-reactive ketones (excluding diaryl/α,β-unsaturated/α-hetero) is 1. The third kappa shape index (κ3) is 2.14. The van der Waals surface area contributed by atoms with Gasteiger partial charge in [0.25, 0.3) is 0 Å². The van der Waals surface area contributed by atoms with Gasteiger partial charge in [0, 0.05) is 16.7 Å². The van der Waals surface area contributed by atoms with Crippen LogP contribution in [0.25, 0.3) is 0 Å². The van der Waals surface area contributed by atoms with E-state index in [0.717, 1.165) is 17.7 Å². The molecule has 1 aromatic heterocycles. The second-order valence-electron chi connectivity index (χ2n) is 5.52. The number of thiophene rings is 1. The molecule has 1 atom stereocenters. The number of carbonyl (C=O) groups is 1. The fourth-order valence-electron chi connectivity index (χ4n) is 2.73. The molecule has 1 aliphatic carbocycles. The SMILES string of the molecule is CC1(C)CCCC(C#N)(Cc2cccs2)C1=O. The Kier molecular flexibility index (Phi) is 3.09. The van der Waals surface area contributed by atoms with Gasteiger partial charge in [-0.3, -0.25) is 4.79 Å². The molecule has 0 amide bonds. The van der Waals surface area contributed by atoms with Crippen LogP contribution in [0.2, 0.25) is 0 Å². The molecule has 0 radical (unpaired) electrons. The lowest BCUT2D eigenvalue weighted by Gasteiger charge is -2.38. The first-order valence-corrected chi connectivity index (χ1v) is 6.87. The highest BCUT2D eigenvalue weighted by Crippen LogP contribution is 2.44. The van der Waals surface area contributed by atoms with Crippen LogP contribution in [0.1, 0.15) is 38.0 Å². The molecule has 0 spiro atoms. The van der Waals surface area contributed by atoms with Crippen molar-refractivity contribution in [3.63, 3.8) is 0 Å². The Morgan fingerprint density at radius 3 is 2.82 bits per heavy atom. The molecule has 0 aliphatic heterocycles. The van der Waals surface area contributed by atoms with Gasteiger partial charge in [0.2, 0.25) is 0 Å². The fourth-order valence-corrected chi connectivity index (χ4v) is 3.55. The van der Waals surface area contributed by atoms with Crippen LogP contribution >= 0.6 is 11.3 Å². The van der Waals surface area contributed by atoms with E-state index >= 15 is 0 Å². The third-order valence-corrected chi connectivity index (χ3v) is 4.60. The average Bonchev–Trinajstić information content (AvgIpc) is 2.77. The van der Waals surface area contributed by atoms with Crippen LogP contribution in [-0.4, -0.2) is 5.78 Å². The van der Waals surface area contributed by atoms with E-state index in [1.54, 1.807) is 11.3 Å². The molecule has 1 aliphatic rings. The van der Waals surface area contributed by atoms with Crippen LogP contribution in [0.5, 0.6) is 0 Å². The zero-order chi connectivity index (χ0) is 12.5. The fraction of sp³-hybridized carbons (Fsp3) is 0.571. The maximum absolute atomic E-state index is 12.5. The van der Waals surface area contributed by atoms with Crippen molar-refractivity contribution in [3.05, 3.63) is 22.4 Å². The molecule has 2 nitrogen and oxygen atoms in total. The molecule has 2 rings (SSSR count). The van der Waals surface area contributed by atoms with Gasteiger partial charge in [-0.2, -0.15) is 5.26 Å². The molecule has 1 heterocycles. The van der Waals surface area contributed by atoms with Crippen molar-refractivity contribution in [2.24, 2.45) is 10.8 Å². The van der Waals surface area contributed by atoms with Gasteiger partial charge >= 0.3 is 0 Å². The van der Waals surface area contributed by atoms with E-state index in [0.29, 0.717) is 12.8 Å². The van der Waals surface area contributed by atoms with E-state index in [1.807, 2.05) is 31.4 Å². The summed E-state index contributed by atoms with van der Waals surface area (Å²) in [6, 6.07) is 6.31. The lowest BCUT2D eigenvalue weighted by molar-refractivity contribution is -0.138. The zero-order valence-electron chi connectivity index (χ0n) is 10.3. The monoisotopic (exact) mass is 247 g/mol. The Hall–Kier alpha value is -1.14. The van der Waals surface area contributed by atoms with E-state index in [4.69, 9.17) is 0 Å². The number of rotatable bonds is 2. The number of nitriles is 1. The Bertz CT molecular complexity index is 455. The van der Waals surface area contributed by atoms with Crippen molar-refractivity contribution in [2.75, 3.05) is 0 Å². The van der Waals surface area contributed by atoms with Gasteiger partial charge in [0.15, 0.2) is 5.78 Å². The van der Waals surface area contributed by atoms with Crippen LogP contribution in [0.4, 0.5) is 0 Å². The summed E-state index contributed by atoms with van der Waals surface area (Å²) in [6.07, 6.45) is 3.17. The summed E-state index contributed by atoms with van der Waals surface area (Å²) < 4.78 is 0. The van der Waals surface area contributed by atoms with Crippen LogP contribution in [-0.2, 0) is 11.2 Å². The maximum atomic E-state index is 12.5. The van der Waals surface area contributed by atoms with E-state index in [2.05, 4.69) is 6.07 Å². The number of hydrogen-bond acceptors (Lipinski definition) is 3. The van der Waals surface area contributed by atoms with E-state index in [-0.39, 0.29) is 11.2 Å². The Morgan fingerprint density at radius 2 is 2.24 bits per heavy atom. The molecule has 17 heavy (non-hydrogen) atoms. The van der Waals surface area contributed by atoms with Gasteiger partial charge in [-0.05, 0) is 24.3 Å². The van der Waals surface area contributed by atoms with Crippen LogP contribution in [0.3, 0.4) is 0 Å². The first-order valence-electron chi connectivity index (χ1n) is 5.99. The average molecular weight is 247 g/mol. The first kappa shape index (κ1) is 12.3. The van der Waals surface area contributed by atoms with E-state index in [1.165, 1.54) is 0 Å². The molecule has 1 unspecified atom stereocenters. The summed E-state index contributed by atoms with van der Waals surface area (Å²) in [4.78, 5) is 13.6. The topological polar surface area (TPSA) is 40.9 Å². The molecule has 0 N–H and O–H groups in total. The molecule has 3 heteroatoms. The largest absolute Gasteiger partial charge is 0.297 e. The van der Waals surface area contributed by atoms with Crippen molar-refractivity contribution in [1.29, 1.82) is 5.26 Å². The van der Waals surface area contributed by atoms with Gasteiger partial charge < -0.3 is 0 Å². The molecule has 1 fully saturated rings. The van der Waals surface area contributed by atoms with E-state index in [9.17, 15) is 10.1 Å². The smallest absolute Gasteiger partial charge is 0.159 e. The number of carbonyl (C=O) groups excluding carboxylic acids is 1. The highest BCUT2D eigenvalue weighted by atomic mass is 32.1. The second kappa shape index (κ2) is 4.27. The standard InChI is InChI=1S/C14H17NOS/c1-13(2)6-4-7-14(10-15,12(13)16)9-11-5-3-8-17-11/h3,5,8H,4,6-7,9H2,1-2H3. The van der Waals surface area contributed by atoms with Crippen LogP contribution in [0.15, 0.2) is 17.5 Å². The minimum atomic E-state index is -0.785. The van der Waals surface area contributed by atoms with E-state index < -0.39 is 5.41 Å². The molecule has 90 valence electrons. The molecule has 0 saturated heterocycles. The highest BCUT2D eigenvalue weighted by molar-refractivity contribution is 7.09. The van der Waals surface area contributed by atoms with Gasteiger partial charge in [0.1, 0.15) is 5.41 Å². The number of nitrogens with zero attached hydrogens (tertiary/aromatic N) is 1. The van der Waals surface area contributed by atoms with Crippen molar-refractivity contribution < 1.29 is 4.79 Å². The van der Waals surface area contributed by atoms with Crippen LogP contribution in [0, 0.1) is 22.2 Å². The zero-order valence-corrected chi connectivity index (χ0v) is 11.1. The number of ketones is 1. The minimum absolute atomic E-state index is 0.132. The maximum Gasteiger partial charge on any atom is 0.159 e. The second-order valence-corrected chi connectivity index (χ2v) is 6.55. The van der Waals surface area contributed by atoms with Crippen molar-refractivity contribution >= 4 is 17.1 Å². The van der Waals surface area contributed by atoms with Gasteiger partial charge in [-0.1, -0.05) is 26.3 Å². The number of hydrogen-bond donors (Lipinski definition) is 0. The lowest BCUT2D eigenvalue weighted by Crippen LogP contribution is -2.44. The summed E-state index contributed by atoms with van der Waals surface area (Å²) in [5.41, 5.74) is -1.13. The summed E-state index contributed by atoms with van der Waals surface area (Å²) in [5.74, 6) is 0.132. The van der Waals surface area contributed by atoms with Gasteiger partial charge in [0.05, 0.1) is 6.07 Å². The van der Waals surface area contributed by atoms with Crippen molar-refractivity contribution in [3.8, 4) is 6.07 Å². The first-order chi connectivity index (χ1) is 8.00. The summed E-state index contributed by atoms with van der Waals surface area (Å²) in [5, 5.41) is 11.5. The molecular formula is C14H17NOS. The minimum Gasteiger partial charge on any atom is -0.297 e. The predicted molar refractivity (Wildman–Crippen MR) is 68.7 cm³/mol. The van der Waals surface area contributed by atoms with Gasteiger partial charge in [-0.15, -0.1) is 11.3 Å². The van der Waals surface area contributed by atoms with Gasteiger partial charge in [-0.25, -0.2) is 0 Å². The molecule has 0 bridgehead atoms. The summed E-state index contributed by atoms with van der Waals surface area (Å²) in [6.45, 7) is 3.93. The quantitative estimate of drug-likeness (QED) is 0.801. The Balaban J connectivity index is 2.31. The van der Waals surface area contributed by atoms with Crippen molar-refractivity contribution in [2.45, 2.75) is 39.5 Å². The summed E-state index contributed by atoms with van der Waals surface area (Å²) in [7, 11) is 0. The Morgan fingerprint density at radius 1 is 1.47 bits per heavy atom. The summed E-state index contributed by atoms with van der Waals surface area (Å²) >= 11 is 1.63. The van der Waals surface area contributed by atoms with Crippen LogP contribution < -0.4 is 0 Å².